The van der Waals surface area contributed by atoms with E-state index in [2.05, 4.69) is 21.2 Å². The van der Waals surface area contributed by atoms with Gasteiger partial charge in [-0.2, -0.15) is 0 Å². The van der Waals surface area contributed by atoms with Crippen molar-refractivity contribution >= 4 is 27.8 Å². The summed E-state index contributed by atoms with van der Waals surface area (Å²) in [6.07, 6.45) is 0.835. The molecular weight excluding hydrogens is 314 g/mol. The summed E-state index contributed by atoms with van der Waals surface area (Å²) in [5.41, 5.74) is -1.18. The Morgan fingerprint density at radius 2 is 2.16 bits per heavy atom. The van der Waals surface area contributed by atoms with Gasteiger partial charge >= 0.3 is 5.97 Å². The second-order valence-corrected chi connectivity index (χ2v) is 5.36. The summed E-state index contributed by atoms with van der Waals surface area (Å²) in [7, 11) is 0. The quantitative estimate of drug-likeness (QED) is 0.617. The van der Waals surface area contributed by atoms with Crippen LogP contribution in [0.1, 0.15) is 12.8 Å². The number of carbonyl (C=O) groups is 2. The first-order valence-electron chi connectivity index (χ1n) is 5.95. The number of carbonyl (C=O) groups excluding carboxylic acids is 1. The van der Waals surface area contributed by atoms with Gasteiger partial charge in [0.2, 0.25) is 5.91 Å². The molecule has 1 saturated carbocycles. The molecule has 19 heavy (non-hydrogen) atoms. The first-order valence-corrected chi connectivity index (χ1v) is 6.74. The SMILES string of the molecule is O=C(O)C1(C(=O)NCCOc2cccc(Br)c2)CC1. The molecule has 1 amide bonds. The van der Waals surface area contributed by atoms with Gasteiger partial charge in [-0.3, -0.25) is 9.59 Å². The van der Waals surface area contributed by atoms with Gasteiger partial charge in [0.1, 0.15) is 17.8 Å². The fourth-order valence-corrected chi connectivity index (χ4v) is 2.10. The number of carboxylic acids is 1. The Morgan fingerprint density at radius 3 is 2.74 bits per heavy atom. The number of amides is 1. The standard InChI is InChI=1S/C13H14BrNO4/c14-9-2-1-3-10(8-9)19-7-6-15-11(16)13(4-5-13)12(17)18/h1-3,8H,4-7H2,(H,15,16)(H,17,18). The van der Waals surface area contributed by atoms with Crippen LogP contribution in [0.15, 0.2) is 28.7 Å². The van der Waals surface area contributed by atoms with Crippen molar-refractivity contribution in [3.63, 3.8) is 0 Å². The monoisotopic (exact) mass is 327 g/mol. The highest BCUT2D eigenvalue weighted by Gasteiger charge is 2.56. The van der Waals surface area contributed by atoms with E-state index in [1.54, 1.807) is 0 Å². The van der Waals surface area contributed by atoms with Crippen LogP contribution in [0, 0.1) is 5.41 Å². The number of ether oxygens (including phenoxy) is 1. The summed E-state index contributed by atoms with van der Waals surface area (Å²) < 4.78 is 6.35. The summed E-state index contributed by atoms with van der Waals surface area (Å²) in [5, 5.41) is 11.5. The lowest BCUT2D eigenvalue weighted by Crippen LogP contribution is -2.38. The lowest BCUT2D eigenvalue weighted by atomic mass is 10.1. The average molecular weight is 328 g/mol. The molecule has 2 N–H and O–H groups in total. The molecule has 6 heteroatoms. The first kappa shape index (κ1) is 13.9. The van der Waals surface area contributed by atoms with Crippen LogP contribution in [0.2, 0.25) is 0 Å². The molecule has 1 aromatic carbocycles. The summed E-state index contributed by atoms with van der Waals surface area (Å²) in [6.45, 7) is 0.596. The normalized spacial score (nSPS) is 15.6. The topological polar surface area (TPSA) is 75.6 Å². The highest BCUT2D eigenvalue weighted by Crippen LogP contribution is 2.45. The van der Waals surface area contributed by atoms with E-state index in [1.165, 1.54) is 0 Å². The maximum atomic E-state index is 11.7. The number of hydrogen-bond donors (Lipinski definition) is 2. The third kappa shape index (κ3) is 3.26. The lowest BCUT2D eigenvalue weighted by Gasteiger charge is -2.11. The first-order chi connectivity index (χ1) is 9.04. The van der Waals surface area contributed by atoms with E-state index < -0.39 is 17.3 Å². The number of nitrogens with one attached hydrogen (secondary N) is 1. The van der Waals surface area contributed by atoms with E-state index in [9.17, 15) is 9.59 Å². The van der Waals surface area contributed by atoms with E-state index in [4.69, 9.17) is 9.84 Å². The molecule has 102 valence electrons. The predicted octanol–water partition coefficient (Wildman–Crippen LogP) is 1.81. The lowest BCUT2D eigenvalue weighted by molar-refractivity contribution is -0.149. The van der Waals surface area contributed by atoms with E-state index in [-0.39, 0.29) is 0 Å². The zero-order chi connectivity index (χ0) is 13.9. The number of rotatable bonds is 6. The minimum absolute atomic E-state index is 0.292. The Labute approximate surface area is 119 Å². The average Bonchev–Trinajstić information content (AvgIpc) is 3.16. The Kier molecular flexibility index (Phi) is 4.09. The molecule has 0 aromatic heterocycles. The van der Waals surface area contributed by atoms with Crippen LogP contribution in [-0.2, 0) is 9.59 Å². The van der Waals surface area contributed by atoms with E-state index in [1.807, 2.05) is 24.3 Å². The highest BCUT2D eigenvalue weighted by atomic mass is 79.9. The van der Waals surface area contributed by atoms with Gasteiger partial charge in [0.05, 0.1) is 6.54 Å². The Hall–Kier alpha value is -1.56. The summed E-state index contributed by atoms with van der Waals surface area (Å²) in [5.74, 6) is -0.765. The van der Waals surface area contributed by atoms with Gasteiger partial charge in [-0.05, 0) is 31.0 Å². The Balaban J connectivity index is 1.73. The molecule has 0 saturated heterocycles. The minimum Gasteiger partial charge on any atom is -0.492 e. The molecule has 0 radical (unpaired) electrons. The van der Waals surface area contributed by atoms with Gasteiger partial charge in [0.25, 0.3) is 0 Å². The van der Waals surface area contributed by atoms with Crippen molar-refractivity contribution < 1.29 is 19.4 Å². The van der Waals surface area contributed by atoms with Crippen molar-refractivity contribution in [2.45, 2.75) is 12.8 Å². The zero-order valence-corrected chi connectivity index (χ0v) is 11.8. The fourth-order valence-electron chi connectivity index (χ4n) is 1.72. The molecular formula is C13H14BrNO4. The molecule has 0 aliphatic heterocycles. The van der Waals surface area contributed by atoms with Gasteiger partial charge in [0.15, 0.2) is 0 Å². The van der Waals surface area contributed by atoms with Gasteiger partial charge in [-0.1, -0.05) is 22.0 Å². The van der Waals surface area contributed by atoms with E-state index >= 15 is 0 Å². The smallest absolute Gasteiger partial charge is 0.319 e. The Morgan fingerprint density at radius 1 is 1.42 bits per heavy atom. The summed E-state index contributed by atoms with van der Waals surface area (Å²) in [6, 6.07) is 7.37. The molecule has 0 atom stereocenters. The third-order valence-corrected chi connectivity index (χ3v) is 3.54. The molecule has 0 spiro atoms. The second-order valence-electron chi connectivity index (χ2n) is 4.45. The van der Waals surface area contributed by atoms with Crippen molar-refractivity contribution in [1.82, 2.24) is 5.32 Å². The highest BCUT2D eigenvalue weighted by molar-refractivity contribution is 9.10. The van der Waals surface area contributed by atoms with Crippen LogP contribution in [0.25, 0.3) is 0 Å². The van der Waals surface area contributed by atoms with Crippen molar-refractivity contribution in [2.24, 2.45) is 5.41 Å². The second kappa shape index (κ2) is 5.61. The molecule has 0 heterocycles. The van der Waals surface area contributed by atoms with Crippen LogP contribution in [0.4, 0.5) is 0 Å². The predicted molar refractivity (Wildman–Crippen MR) is 71.9 cm³/mol. The van der Waals surface area contributed by atoms with Gasteiger partial charge in [-0.25, -0.2) is 0 Å². The fraction of sp³-hybridized carbons (Fsp3) is 0.385. The molecule has 2 rings (SSSR count). The van der Waals surface area contributed by atoms with Crippen molar-refractivity contribution in [1.29, 1.82) is 0 Å². The Bertz CT molecular complexity index is 499. The molecule has 0 unspecified atom stereocenters. The van der Waals surface area contributed by atoms with Crippen LogP contribution >= 0.6 is 15.9 Å². The van der Waals surface area contributed by atoms with Crippen LogP contribution < -0.4 is 10.1 Å². The number of halogens is 1. The number of aliphatic carboxylic acids is 1. The van der Waals surface area contributed by atoms with Gasteiger partial charge in [0, 0.05) is 4.47 Å². The molecule has 1 aliphatic rings. The zero-order valence-electron chi connectivity index (χ0n) is 10.2. The van der Waals surface area contributed by atoms with Crippen LogP contribution in [-0.4, -0.2) is 30.1 Å². The van der Waals surface area contributed by atoms with Crippen molar-refractivity contribution in [2.75, 3.05) is 13.2 Å². The van der Waals surface area contributed by atoms with Gasteiger partial charge in [-0.15, -0.1) is 0 Å². The van der Waals surface area contributed by atoms with Crippen LogP contribution in [0.5, 0.6) is 5.75 Å². The number of hydrogen-bond acceptors (Lipinski definition) is 3. The van der Waals surface area contributed by atoms with Crippen molar-refractivity contribution in [3.05, 3.63) is 28.7 Å². The van der Waals surface area contributed by atoms with E-state index in [0.29, 0.717) is 31.7 Å². The van der Waals surface area contributed by atoms with E-state index in [0.717, 1.165) is 4.47 Å². The maximum Gasteiger partial charge on any atom is 0.319 e. The minimum atomic E-state index is -1.18. The molecule has 1 aromatic rings. The van der Waals surface area contributed by atoms with Gasteiger partial charge < -0.3 is 15.2 Å². The largest absolute Gasteiger partial charge is 0.492 e. The van der Waals surface area contributed by atoms with Crippen LogP contribution in [0.3, 0.4) is 0 Å². The molecule has 1 fully saturated rings. The third-order valence-electron chi connectivity index (χ3n) is 3.05. The molecule has 1 aliphatic carbocycles. The molecule has 0 bridgehead atoms. The summed E-state index contributed by atoms with van der Waals surface area (Å²) in [4.78, 5) is 22.6. The number of carboxylic acid groups (broad SMARTS) is 1. The summed E-state index contributed by atoms with van der Waals surface area (Å²) >= 11 is 3.33. The molecule has 5 nitrogen and oxygen atoms in total. The number of benzene rings is 1. The van der Waals surface area contributed by atoms with Crippen molar-refractivity contribution in [3.8, 4) is 5.75 Å². The maximum absolute atomic E-state index is 11.7.